The molecule has 1 aromatic carbocycles. The molecular weight excluding hydrogens is 204 g/mol. The Hall–Kier alpha value is -1.56. The Morgan fingerprint density at radius 1 is 0.882 bits per heavy atom. The maximum absolute atomic E-state index is 2.34. The Bertz CT molecular complexity index is 582. The highest BCUT2D eigenvalue weighted by Crippen LogP contribution is 2.45. The molecule has 3 aliphatic carbocycles. The molecule has 17 heavy (non-hydrogen) atoms. The molecule has 0 atom stereocenters. The predicted molar refractivity (Wildman–Crippen MR) is 71.8 cm³/mol. The fourth-order valence-electron chi connectivity index (χ4n) is 3.53. The van der Waals surface area contributed by atoms with E-state index in [1.807, 2.05) is 0 Å². The molecule has 0 aliphatic heterocycles. The van der Waals surface area contributed by atoms with Gasteiger partial charge in [0.05, 0.1) is 0 Å². The number of rotatable bonds is 0. The van der Waals surface area contributed by atoms with Crippen LogP contribution in [-0.4, -0.2) is 0 Å². The van der Waals surface area contributed by atoms with Crippen molar-refractivity contribution in [2.24, 2.45) is 0 Å². The zero-order valence-electron chi connectivity index (χ0n) is 10.00. The molecular formula is C17H16. The lowest BCUT2D eigenvalue weighted by Gasteiger charge is -2.30. The van der Waals surface area contributed by atoms with Gasteiger partial charge in [0.2, 0.25) is 0 Å². The van der Waals surface area contributed by atoms with Crippen LogP contribution >= 0.6 is 0 Å². The summed E-state index contributed by atoms with van der Waals surface area (Å²) < 4.78 is 0. The highest BCUT2D eigenvalue weighted by Gasteiger charge is 2.27. The van der Waals surface area contributed by atoms with Crippen molar-refractivity contribution in [3.8, 4) is 0 Å². The van der Waals surface area contributed by atoms with Gasteiger partial charge in [0.15, 0.2) is 0 Å². The van der Waals surface area contributed by atoms with Gasteiger partial charge in [-0.25, -0.2) is 0 Å². The quantitative estimate of drug-likeness (QED) is 0.614. The molecule has 0 nitrogen and oxygen atoms in total. The monoisotopic (exact) mass is 220 g/mol. The van der Waals surface area contributed by atoms with Crippen molar-refractivity contribution < 1.29 is 0 Å². The maximum Gasteiger partial charge on any atom is -0.0117 e. The van der Waals surface area contributed by atoms with E-state index < -0.39 is 0 Å². The fourth-order valence-corrected chi connectivity index (χ4v) is 3.53. The van der Waals surface area contributed by atoms with Crippen LogP contribution in [0.15, 0.2) is 47.6 Å². The van der Waals surface area contributed by atoms with Crippen LogP contribution in [0.2, 0.25) is 0 Å². The third kappa shape index (κ3) is 1.30. The number of hydrogen-bond acceptors (Lipinski definition) is 0. The summed E-state index contributed by atoms with van der Waals surface area (Å²) in [6.45, 7) is 0. The molecule has 0 N–H and O–H groups in total. The van der Waals surface area contributed by atoms with Crippen molar-refractivity contribution in [1.82, 2.24) is 0 Å². The predicted octanol–water partition coefficient (Wildman–Crippen LogP) is 4.22. The van der Waals surface area contributed by atoms with Gasteiger partial charge in [0.1, 0.15) is 0 Å². The fraction of sp³-hybridized carbons (Fsp3) is 0.294. The van der Waals surface area contributed by atoms with E-state index in [9.17, 15) is 0 Å². The molecule has 0 aromatic heterocycles. The van der Waals surface area contributed by atoms with E-state index in [4.69, 9.17) is 0 Å². The topological polar surface area (TPSA) is 0 Å². The zero-order chi connectivity index (χ0) is 11.2. The summed E-state index contributed by atoms with van der Waals surface area (Å²) in [6, 6.07) is 6.89. The summed E-state index contributed by atoms with van der Waals surface area (Å²) in [6.07, 6.45) is 13.0. The van der Waals surface area contributed by atoms with E-state index in [-0.39, 0.29) is 0 Å². The van der Waals surface area contributed by atoms with Crippen molar-refractivity contribution in [2.45, 2.75) is 32.1 Å². The first-order valence-electron chi connectivity index (χ1n) is 6.63. The summed E-state index contributed by atoms with van der Waals surface area (Å²) in [7, 11) is 0. The third-order valence-electron chi connectivity index (χ3n) is 4.32. The molecule has 84 valence electrons. The Morgan fingerprint density at radius 3 is 2.59 bits per heavy atom. The van der Waals surface area contributed by atoms with Gasteiger partial charge in [-0.1, -0.05) is 42.0 Å². The van der Waals surface area contributed by atoms with E-state index in [2.05, 4.69) is 36.4 Å². The highest BCUT2D eigenvalue weighted by atomic mass is 14.3. The number of aryl methyl sites for hydroxylation is 2. The van der Waals surface area contributed by atoms with Gasteiger partial charge in [-0.3, -0.25) is 0 Å². The molecule has 3 aliphatic rings. The lowest BCUT2D eigenvalue weighted by atomic mass is 9.74. The molecule has 0 amide bonds. The van der Waals surface area contributed by atoms with Crippen LogP contribution in [0.25, 0.3) is 5.57 Å². The number of benzene rings is 1. The molecule has 0 spiro atoms. The van der Waals surface area contributed by atoms with Crippen molar-refractivity contribution in [2.75, 3.05) is 0 Å². The van der Waals surface area contributed by atoms with Crippen molar-refractivity contribution >= 4 is 5.57 Å². The highest BCUT2D eigenvalue weighted by molar-refractivity contribution is 5.88. The zero-order valence-corrected chi connectivity index (χ0v) is 10.00. The van der Waals surface area contributed by atoms with E-state index >= 15 is 0 Å². The second-order valence-corrected chi connectivity index (χ2v) is 5.25. The SMILES string of the molecule is C1=CCC2=C3C(=C1)CCc1cccc(c13)CC2. The number of hydrogen-bond donors (Lipinski definition) is 0. The second kappa shape index (κ2) is 3.46. The molecule has 0 bridgehead atoms. The maximum atomic E-state index is 2.34. The van der Waals surface area contributed by atoms with Gasteiger partial charge in [-0.2, -0.15) is 0 Å². The number of allylic oxidation sites excluding steroid dienone is 6. The normalized spacial score (nSPS) is 20.8. The van der Waals surface area contributed by atoms with Crippen LogP contribution in [0.1, 0.15) is 36.0 Å². The molecule has 0 heteroatoms. The third-order valence-corrected chi connectivity index (χ3v) is 4.32. The average Bonchev–Trinajstić information content (AvgIpc) is 2.59. The summed E-state index contributed by atoms with van der Waals surface area (Å²) in [5.41, 5.74) is 9.61. The van der Waals surface area contributed by atoms with Crippen LogP contribution in [0, 0.1) is 0 Å². The van der Waals surface area contributed by atoms with Gasteiger partial charge < -0.3 is 0 Å². The van der Waals surface area contributed by atoms with Gasteiger partial charge in [-0.15, -0.1) is 0 Å². The largest absolute Gasteiger partial charge is 0.0804 e. The van der Waals surface area contributed by atoms with E-state index in [1.165, 1.54) is 25.7 Å². The van der Waals surface area contributed by atoms with Crippen LogP contribution in [0.5, 0.6) is 0 Å². The minimum Gasteiger partial charge on any atom is -0.0804 e. The van der Waals surface area contributed by atoms with Crippen LogP contribution in [0.3, 0.4) is 0 Å². The van der Waals surface area contributed by atoms with E-state index in [1.54, 1.807) is 33.4 Å². The Balaban J connectivity index is 2.06. The molecule has 0 unspecified atom stereocenters. The Labute approximate surface area is 102 Å². The smallest absolute Gasteiger partial charge is 0.0117 e. The minimum atomic E-state index is 1.16. The lowest BCUT2D eigenvalue weighted by molar-refractivity contribution is 0.849. The molecule has 0 saturated heterocycles. The van der Waals surface area contributed by atoms with Crippen molar-refractivity contribution in [1.29, 1.82) is 0 Å². The second-order valence-electron chi connectivity index (χ2n) is 5.25. The van der Waals surface area contributed by atoms with Crippen LogP contribution in [0.4, 0.5) is 0 Å². The summed E-state index contributed by atoms with van der Waals surface area (Å²) in [5.74, 6) is 0. The lowest BCUT2D eigenvalue weighted by Crippen LogP contribution is -2.13. The Morgan fingerprint density at radius 2 is 1.71 bits per heavy atom. The molecule has 0 radical (unpaired) electrons. The summed E-state index contributed by atoms with van der Waals surface area (Å²) in [4.78, 5) is 0. The van der Waals surface area contributed by atoms with E-state index in [0.29, 0.717) is 0 Å². The molecule has 0 heterocycles. The van der Waals surface area contributed by atoms with Gasteiger partial charge in [0.25, 0.3) is 0 Å². The molecule has 0 saturated carbocycles. The minimum absolute atomic E-state index is 1.16. The first-order chi connectivity index (χ1) is 8.43. The van der Waals surface area contributed by atoms with Gasteiger partial charge >= 0.3 is 0 Å². The molecule has 1 aromatic rings. The summed E-state index contributed by atoms with van der Waals surface area (Å²) in [5, 5.41) is 0. The first kappa shape index (κ1) is 9.47. The van der Waals surface area contributed by atoms with Crippen molar-refractivity contribution in [3.05, 3.63) is 64.3 Å². The standard InChI is InChI=1S/C17H16/c1-2-5-13-9-11-15-7-3-6-14-10-8-12(4-1)16(13)17(14)15/h1-4,6-7H,5,8-11H2. The summed E-state index contributed by atoms with van der Waals surface area (Å²) >= 11 is 0. The Kier molecular flexibility index (Phi) is 1.93. The van der Waals surface area contributed by atoms with Gasteiger partial charge in [-0.05, 0) is 59.9 Å². The molecule has 0 fully saturated rings. The average molecular weight is 220 g/mol. The van der Waals surface area contributed by atoms with Gasteiger partial charge in [0, 0.05) is 0 Å². The molecule has 4 rings (SSSR count). The van der Waals surface area contributed by atoms with Crippen LogP contribution < -0.4 is 0 Å². The van der Waals surface area contributed by atoms with E-state index in [0.717, 1.165) is 6.42 Å². The van der Waals surface area contributed by atoms with Crippen molar-refractivity contribution in [3.63, 3.8) is 0 Å². The van der Waals surface area contributed by atoms with Crippen LogP contribution in [-0.2, 0) is 12.8 Å². The first-order valence-corrected chi connectivity index (χ1v) is 6.63.